The Morgan fingerprint density at radius 1 is 1.50 bits per heavy atom. The summed E-state index contributed by atoms with van der Waals surface area (Å²) in [6.07, 6.45) is 0. The van der Waals surface area contributed by atoms with Gasteiger partial charge in [0.05, 0.1) is 11.4 Å². The van der Waals surface area contributed by atoms with Crippen molar-refractivity contribution in [1.82, 2.24) is 0 Å². The van der Waals surface area contributed by atoms with Gasteiger partial charge in [-0.25, -0.2) is 0 Å². The van der Waals surface area contributed by atoms with Crippen LogP contribution < -0.4 is 10.2 Å². The predicted molar refractivity (Wildman–Crippen MR) is 65.7 cm³/mol. The fourth-order valence-electron chi connectivity index (χ4n) is 1.83. The third-order valence-electron chi connectivity index (χ3n) is 2.55. The minimum atomic E-state index is 1.03. The average Bonchev–Trinajstić information content (AvgIpc) is 2.19. The first-order valence-corrected chi connectivity index (χ1v) is 6.09. The minimum Gasteiger partial charge on any atom is -0.382 e. The Labute approximate surface area is 93.4 Å². The molecule has 0 unspecified atom stereocenters. The first-order valence-electron chi connectivity index (χ1n) is 4.96. The van der Waals surface area contributed by atoms with Crippen molar-refractivity contribution in [2.45, 2.75) is 6.92 Å². The number of aryl methyl sites for hydroxylation is 1. The van der Waals surface area contributed by atoms with E-state index >= 15 is 0 Å². The molecule has 0 radical (unpaired) electrons. The quantitative estimate of drug-likeness (QED) is 0.817. The molecule has 1 N–H and O–H groups in total. The summed E-state index contributed by atoms with van der Waals surface area (Å²) in [7, 11) is 0. The number of nitrogens with one attached hydrogen (secondary N) is 1. The summed E-state index contributed by atoms with van der Waals surface area (Å²) < 4.78 is 0. The fourth-order valence-corrected chi connectivity index (χ4v) is 2.26. The number of halogens is 1. The van der Waals surface area contributed by atoms with Gasteiger partial charge < -0.3 is 10.2 Å². The SMILES string of the molecule is Cc1ccc2c(c1)N(CCBr)CCN2. The fraction of sp³-hybridized carbons (Fsp3) is 0.455. The van der Waals surface area contributed by atoms with Gasteiger partial charge in [0.1, 0.15) is 0 Å². The summed E-state index contributed by atoms with van der Waals surface area (Å²) >= 11 is 3.49. The third kappa shape index (κ3) is 1.87. The van der Waals surface area contributed by atoms with E-state index in [4.69, 9.17) is 0 Å². The number of alkyl halides is 1. The van der Waals surface area contributed by atoms with Gasteiger partial charge in [-0.05, 0) is 24.6 Å². The average molecular weight is 255 g/mol. The molecule has 0 saturated carbocycles. The van der Waals surface area contributed by atoms with Crippen LogP contribution in [0.25, 0.3) is 0 Å². The molecule has 0 fully saturated rings. The summed E-state index contributed by atoms with van der Waals surface area (Å²) in [5.41, 5.74) is 3.94. The molecule has 1 aliphatic rings. The number of nitrogens with zero attached hydrogens (tertiary/aromatic N) is 1. The van der Waals surface area contributed by atoms with Crippen molar-refractivity contribution in [2.24, 2.45) is 0 Å². The minimum absolute atomic E-state index is 1.03. The Morgan fingerprint density at radius 3 is 3.14 bits per heavy atom. The molecule has 0 saturated heterocycles. The lowest BCUT2D eigenvalue weighted by molar-refractivity contribution is 0.821. The van der Waals surface area contributed by atoms with Crippen LogP contribution in [0.2, 0.25) is 0 Å². The number of rotatable bonds is 2. The molecule has 0 atom stereocenters. The van der Waals surface area contributed by atoms with Crippen molar-refractivity contribution >= 4 is 27.3 Å². The maximum atomic E-state index is 3.49. The number of hydrogen-bond acceptors (Lipinski definition) is 2. The van der Waals surface area contributed by atoms with Crippen molar-refractivity contribution in [3.05, 3.63) is 23.8 Å². The van der Waals surface area contributed by atoms with Gasteiger partial charge in [0.2, 0.25) is 0 Å². The van der Waals surface area contributed by atoms with Crippen LogP contribution in [0.4, 0.5) is 11.4 Å². The van der Waals surface area contributed by atoms with Crippen molar-refractivity contribution in [3.63, 3.8) is 0 Å². The van der Waals surface area contributed by atoms with Crippen LogP contribution in [0.15, 0.2) is 18.2 Å². The van der Waals surface area contributed by atoms with Crippen molar-refractivity contribution in [1.29, 1.82) is 0 Å². The molecule has 0 amide bonds. The molecule has 14 heavy (non-hydrogen) atoms. The highest BCUT2D eigenvalue weighted by atomic mass is 79.9. The highest BCUT2D eigenvalue weighted by molar-refractivity contribution is 9.09. The summed E-state index contributed by atoms with van der Waals surface area (Å²) in [5.74, 6) is 0. The standard InChI is InChI=1S/C11H15BrN2/c1-9-2-3-10-11(8-9)14(6-4-12)7-5-13-10/h2-3,8,13H,4-7H2,1H3. The van der Waals surface area contributed by atoms with E-state index in [0.29, 0.717) is 0 Å². The molecule has 0 spiro atoms. The predicted octanol–water partition coefficient (Wildman–Crippen LogP) is 2.62. The molecule has 76 valence electrons. The molecule has 2 nitrogen and oxygen atoms in total. The summed E-state index contributed by atoms with van der Waals surface area (Å²) in [6.45, 7) is 5.37. The topological polar surface area (TPSA) is 15.3 Å². The lowest BCUT2D eigenvalue weighted by Crippen LogP contribution is -2.35. The second-order valence-corrected chi connectivity index (χ2v) is 4.42. The van der Waals surface area contributed by atoms with Crippen LogP contribution in [0.3, 0.4) is 0 Å². The normalized spacial score (nSPS) is 14.9. The van der Waals surface area contributed by atoms with Crippen LogP contribution in [-0.2, 0) is 0 Å². The molecular weight excluding hydrogens is 240 g/mol. The molecule has 1 heterocycles. The first-order chi connectivity index (χ1) is 6.81. The Kier molecular flexibility index (Phi) is 2.96. The zero-order chi connectivity index (χ0) is 9.97. The van der Waals surface area contributed by atoms with Crippen molar-refractivity contribution in [2.75, 3.05) is 35.2 Å². The zero-order valence-electron chi connectivity index (χ0n) is 8.39. The molecule has 0 bridgehead atoms. The summed E-state index contributed by atoms with van der Waals surface area (Å²) in [5, 5.41) is 4.45. The Morgan fingerprint density at radius 2 is 2.36 bits per heavy atom. The Balaban J connectivity index is 2.32. The maximum absolute atomic E-state index is 3.49. The van der Waals surface area contributed by atoms with Crippen LogP contribution >= 0.6 is 15.9 Å². The van der Waals surface area contributed by atoms with E-state index < -0.39 is 0 Å². The second kappa shape index (κ2) is 4.22. The van der Waals surface area contributed by atoms with Gasteiger partial charge in [0.15, 0.2) is 0 Å². The van der Waals surface area contributed by atoms with Gasteiger partial charge in [0, 0.05) is 25.0 Å². The van der Waals surface area contributed by atoms with Gasteiger partial charge in [-0.3, -0.25) is 0 Å². The number of fused-ring (bicyclic) bond motifs is 1. The number of benzene rings is 1. The van der Waals surface area contributed by atoms with Crippen LogP contribution in [0.5, 0.6) is 0 Å². The van der Waals surface area contributed by atoms with Gasteiger partial charge >= 0.3 is 0 Å². The van der Waals surface area contributed by atoms with Gasteiger partial charge in [-0.1, -0.05) is 22.0 Å². The first kappa shape index (κ1) is 9.84. The van der Waals surface area contributed by atoms with E-state index in [9.17, 15) is 0 Å². The van der Waals surface area contributed by atoms with E-state index in [1.165, 1.54) is 16.9 Å². The van der Waals surface area contributed by atoms with Crippen LogP contribution in [-0.4, -0.2) is 25.0 Å². The summed E-state index contributed by atoms with van der Waals surface area (Å²) in [6, 6.07) is 6.58. The van der Waals surface area contributed by atoms with Crippen molar-refractivity contribution < 1.29 is 0 Å². The summed E-state index contributed by atoms with van der Waals surface area (Å²) in [4.78, 5) is 2.42. The third-order valence-corrected chi connectivity index (χ3v) is 2.90. The molecule has 1 aromatic carbocycles. The number of hydrogen-bond donors (Lipinski definition) is 1. The van der Waals surface area contributed by atoms with E-state index in [0.717, 1.165) is 25.0 Å². The lowest BCUT2D eigenvalue weighted by Gasteiger charge is -2.31. The molecule has 2 rings (SSSR count). The molecule has 1 aliphatic heterocycles. The monoisotopic (exact) mass is 254 g/mol. The lowest BCUT2D eigenvalue weighted by atomic mass is 10.1. The van der Waals surface area contributed by atoms with Gasteiger partial charge in [-0.2, -0.15) is 0 Å². The molecule has 0 aliphatic carbocycles. The molecule has 3 heteroatoms. The van der Waals surface area contributed by atoms with Gasteiger partial charge in [-0.15, -0.1) is 0 Å². The smallest absolute Gasteiger partial charge is 0.0605 e. The van der Waals surface area contributed by atoms with E-state index in [2.05, 4.69) is 51.3 Å². The highest BCUT2D eigenvalue weighted by Gasteiger charge is 2.15. The second-order valence-electron chi connectivity index (χ2n) is 3.62. The number of anilines is 2. The van der Waals surface area contributed by atoms with Gasteiger partial charge in [0.25, 0.3) is 0 Å². The van der Waals surface area contributed by atoms with E-state index in [-0.39, 0.29) is 0 Å². The Hall–Kier alpha value is -0.700. The maximum Gasteiger partial charge on any atom is 0.0605 e. The highest BCUT2D eigenvalue weighted by Crippen LogP contribution is 2.29. The largest absolute Gasteiger partial charge is 0.382 e. The Bertz CT molecular complexity index is 325. The zero-order valence-corrected chi connectivity index (χ0v) is 9.97. The van der Waals surface area contributed by atoms with E-state index in [1.807, 2.05) is 0 Å². The van der Waals surface area contributed by atoms with Crippen LogP contribution in [0, 0.1) is 6.92 Å². The molecular formula is C11H15BrN2. The molecule has 0 aromatic heterocycles. The van der Waals surface area contributed by atoms with E-state index in [1.54, 1.807) is 0 Å². The molecule has 1 aromatic rings. The van der Waals surface area contributed by atoms with Crippen molar-refractivity contribution in [3.8, 4) is 0 Å². The van der Waals surface area contributed by atoms with Crippen LogP contribution in [0.1, 0.15) is 5.56 Å².